The second-order valence-corrected chi connectivity index (χ2v) is 7.94. The van der Waals surface area contributed by atoms with Crippen LogP contribution in [0.3, 0.4) is 0 Å². The normalized spacial score (nSPS) is 14.9. The number of methoxy groups -OCH3 is 3. The predicted molar refractivity (Wildman–Crippen MR) is 127 cm³/mol. The van der Waals surface area contributed by atoms with Crippen LogP contribution in [0.2, 0.25) is 0 Å². The third kappa shape index (κ3) is 4.09. The number of aromatic nitrogens is 3. The minimum absolute atomic E-state index is 0.300. The molecule has 0 fully saturated rings. The maximum Gasteiger partial charge on any atom is 0.255 e. The second-order valence-electron chi connectivity index (χ2n) is 7.17. The molecule has 0 spiro atoms. The van der Waals surface area contributed by atoms with E-state index in [1.807, 2.05) is 43.5 Å². The van der Waals surface area contributed by atoms with Crippen molar-refractivity contribution >= 4 is 29.3 Å². The van der Waals surface area contributed by atoms with Gasteiger partial charge in [0.05, 0.1) is 32.6 Å². The number of carbonyl (C=O) groups is 1. The maximum atomic E-state index is 13.7. The predicted octanol–water partition coefficient (Wildman–Crippen LogP) is 3.95. The summed E-state index contributed by atoms with van der Waals surface area (Å²) < 4.78 is 18.3. The van der Waals surface area contributed by atoms with E-state index in [1.165, 1.54) is 11.8 Å². The van der Waals surface area contributed by atoms with Crippen LogP contribution in [0.25, 0.3) is 0 Å². The van der Waals surface area contributed by atoms with Gasteiger partial charge in [0.25, 0.3) is 5.91 Å². The van der Waals surface area contributed by atoms with Gasteiger partial charge in [-0.05, 0) is 31.4 Å². The van der Waals surface area contributed by atoms with E-state index in [0.717, 1.165) is 5.56 Å². The molecule has 172 valence electrons. The molecule has 1 aliphatic rings. The molecule has 33 heavy (non-hydrogen) atoms. The summed E-state index contributed by atoms with van der Waals surface area (Å²) in [4.78, 5) is 18.2. The number of nitrogens with zero attached hydrogens (tertiary/aromatic N) is 3. The maximum absolute atomic E-state index is 13.7. The highest BCUT2D eigenvalue weighted by molar-refractivity contribution is 7.98. The summed E-state index contributed by atoms with van der Waals surface area (Å²) in [6.07, 6.45) is 1.90. The zero-order chi connectivity index (χ0) is 23.5. The number of allylic oxidation sites excluding steroid dienone is 1. The minimum atomic E-state index is -0.602. The average molecular weight is 468 g/mol. The summed E-state index contributed by atoms with van der Waals surface area (Å²) in [7, 11) is 4.71. The Kier molecular flexibility index (Phi) is 6.45. The van der Waals surface area contributed by atoms with Crippen LogP contribution in [0.15, 0.2) is 58.9 Å². The molecule has 1 aliphatic heterocycles. The van der Waals surface area contributed by atoms with E-state index >= 15 is 0 Å². The molecule has 0 saturated heterocycles. The third-order valence-corrected chi connectivity index (χ3v) is 5.88. The Morgan fingerprint density at radius 2 is 1.79 bits per heavy atom. The number of hydrogen-bond acceptors (Lipinski definition) is 8. The van der Waals surface area contributed by atoms with Crippen molar-refractivity contribution in [3.8, 4) is 17.2 Å². The SMILES string of the molecule is COc1ccccc1NC(=O)C1=C(C)Nc2nc(SC)nn2[C@H]1c1cccc(OC)c1OC. The molecule has 2 N–H and O–H groups in total. The fourth-order valence-electron chi connectivity index (χ4n) is 3.86. The lowest BCUT2D eigenvalue weighted by Gasteiger charge is -2.30. The van der Waals surface area contributed by atoms with Gasteiger partial charge in [0.15, 0.2) is 11.5 Å². The molecule has 0 radical (unpaired) electrons. The number of amides is 1. The Morgan fingerprint density at radius 1 is 1.06 bits per heavy atom. The summed E-state index contributed by atoms with van der Waals surface area (Å²) in [5.41, 5.74) is 2.42. The van der Waals surface area contributed by atoms with E-state index in [0.29, 0.717) is 45.3 Å². The number of benzene rings is 2. The van der Waals surface area contributed by atoms with Crippen molar-refractivity contribution in [3.05, 3.63) is 59.3 Å². The van der Waals surface area contributed by atoms with Crippen LogP contribution < -0.4 is 24.8 Å². The number of fused-ring (bicyclic) bond motifs is 1. The van der Waals surface area contributed by atoms with Crippen LogP contribution >= 0.6 is 11.8 Å². The molecule has 1 atom stereocenters. The van der Waals surface area contributed by atoms with Crippen LogP contribution in [0.4, 0.5) is 11.6 Å². The van der Waals surface area contributed by atoms with E-state index in [9.17, 15) is 4.79 Å². The second kappa shape index (κ2) is 9.45. The van der Waals surface area contributed by atoms with E-state index in [2.05, 4.69) is 20.7 Å². The Hall–Kier alpha value is -3.66. The first kappa shape index (κ1) is 22.5. The molecule has 10 heteroatoms. The van der Waals surface area contributed by atoms with Gasteiger partial charge in [-0.2, -0.15) is 4.98 Å². The van der Waals surface area contributed by atoms with E-state index < -0.39 is 6.04 Å². The van der Waals surface area contributed by atoms with Crippen LogP contribution in [0.5, 0.6) is 17.2 Å². The van der Waals surface area contributed by atoms with Gasteiger partial charge >= 0.3 is 0 Å². The Balaban J connectivity index is 1.87. The van der Waals surface area contributed by atoms with Gasteiger partial charge in [-0.25, -0.2) is 4.68 Å². The van der Waals surface area contributed by atoms with Crippen molar-refractivity contribution in [2.75, 3.05) is 38.2 Å². The molecular formula is C23H25N5O4S. The molecule has 2 heterocycles. The minimum Gasteiger partial charge on any atom is -0.495 e. The van der Waals surface area contributed by atoms with Crippen molar-refractivity contribution in [3.63, 3.8) is 0 Å². The zero-order valence-electron chi connectivity index (χ0n) is 19.0. The largest absolute Gasteiger partial charge is 0.495 e. The molecule has 0 bridgehead atoms. The van der Waals surface area contributed by atoms with E-state index in [1.54, 1.807) is 38.1 Å². The highest BCUT2D eigenvalue weighted by atomic mass is 32.2. The number of nitrogens with one attached hydrogen (secondary N) is 2. The number of carbonyl (C=O) groups excluding carboxylic acids is 1. The van der Waals surface area contributed by atoms with Gasteiger partial charge < -0.3 is 24.8 Å². The lowest BCUT2D eigenvalue weighted by Crippen LogP contribution is -2.31. The first-order valence-electron chi connectivity index (χ1n) is 10.2. The molecule has 4 rings (SSSR count). The number of ether oxygens (including phenoxy) is 3. The third-order valence-electron chi connectivity index (χ3n) is 5.34. The lowest BCUT2D eigenvalue weighted by molar-refractivity contribution is -0.113. The summed E-state index contributed by atoms with van der Waals surface area (Å²) in [6, 6.07) is 12.2. The first-order chi connectivity index (χ1) is 16.0. The quantitative estimate of drug-likeness (QED) is 0.504. The van der Waals surface area contributed by atoms with Crippen LogP contribution in [0.1, 0.15) is 18.5 Å². The van der Waals surface area contributed by atoms with E-state index in [4.69, 9.17) is 14.2 Å². The molecule has 0 unspecified atom stereocenters. The van der Waals surface area contributed by atoms with Crippen LogP contribution in [-0.2, 0) is 4.79 Å². The summed E-state index contributed by atoms with van der Waals surface area (Å²) in [5, 5.41) is 11.4. The van der Waals surface area contributed by atoms with Gasteiger partial charge in [0.1, 0.15) is 11.8 Å². The number of hydrogen-bond donors (Lipinski definition) is 2. The fraction of sp³-hybridized carbons (Fsp3) is 0.261. The highest BCUT2D eigenvalue weighted by Gasteiger charge is 2.36. The lowest BCUT2D eigenvalue weighted by atomic mass is 9.94. The number of anilines is 2. The van der Waals surface area contributed by atoms with Crippen LogP contribution in [-0.4, -0.2) is 48.3 Å². The summed E-state index contributed by atoms with van der Waals surface area (Å²) >= 11 is 1.42. The van der Waals surface area contributed by atoms with Gasteiger partial charge in [-0.15, -0.1) is 5.10 Å². The molecular weight excluding hydrogens is 442 g/mol. The Labute approximate surface area is 196 Å². The number of para-hydroxylation sites is 3. The molecule has 1 aromatic heterocycles. The van der Waals surface area contributed by atoms with Crippen molar-refractivity contribution in [1.82, 2.24) is 14.8 Å². The summed E-state index contributed by atoms with van der Waals surface area (Å²) in [5.74, 6) is 1.89. The average Bonchev–Trinajstić information content (AvgIpc) is 3.25. The molecule has 1 amide bonds. The first-order valence-corrected chi connectivity index (χ1v) is 11.4. The van der Waals surface area contributed by atoms with Crippen molar-refractivity contribution in [2.24, 2.45) is 0 Å². The van der Waals surface area contributed by atoms with Gasteiger partial charge in [0.2, 0.25) is 11.1 Å². The number of rotatable bonds is 7. The monoisotopic (exact) mass is 467 g/mol. The standard InChI is InChI=1S/C23H25N5O4S/c1-13-18(21(29)25-15-10-6-7-11-16(15)30-2)19(28-22(24-13)26-23(27-28)33-5)14-9-8-12-17(31-3)20(14)32-4/h6-12,19H,1-5H3,(H,25,29)(H,24,26,27)/t19-/m0/s1. The molecule has 2 aromatic carbocycles. The zero-order valence-corrected chi connectivity index (χ0v) is 19.8. The van der Waals surface area contributed by atoms with Gasteiger partial charge in [-0.3, -0.25) is 4.79 Å². The Morgan fingerprint density at radius 3 is 2.48 bits per heavy atom. The van der Waals surface area contributed by atoms with Gasteiger partial charge in [0, 0.05) is 11.3 Å². The molecule has 9 nitrogen and oxygen atoms in total. The Bertz CT molecular complexity index is 1220. The van der Waals surface area contributed by atoms with Gasteiger partial charge in [-0.1, -0.05) is 36.0 Å². The smallest absolute Gasteiger partial charge is 0.255 e. The van der Waals surface area contributed by atoms with Crippen molar-refractivity contribution in [1.29, 1.82) is 0 Å². The fourth-order valence-corrected chi connectivity index (χ4v) is 4.21. The number of thioether (sulfide) groups is 1. The van der Waals surface area contributed by atoms with E-state index in [-0.39, 0.29) is 5.91 Å². The van der Waals surface area contributed by atoms with Crippen molar-refractivity contribution in [2.45, 2.75) is 18.1 Å². The van der Waals surface area contributed by atoms with Crippen molar-refractivity contribution < 1.29 is 19.0 Å². The molecule has 3 aromatic rings. The highest BCUT2D eigenvalue weighted by Crippen LogP contribution is 2.43. The van der Waals surface area contributed by atoms with Crippen LogP contribution in [0, 0.1) is 0 Å². The molecule has 0 saturated carbocycles. The topological polar surface area (TPSA) is 99.5 Å². The molecule has 0 aliphatic carbocycles. The summed E-state index contributed by atoms with van der Waals surface area (Å²) in [6.45, 7) is 1.84.